The van der Waals surface area contributed by atoms with Gasteiger partial charge in [-0.05, 0) is 41.5 Å². The fraction of sp³-hybridized carbons (Fsp3) is 0. The zero-order chi connectivity index (χ0) is 13.5. The Morgan fingerprint density at radius 1 is 0.650 bits per heavy atom. The van der Waals surface area contributed by atoms with E-state index in [1.165, 1.54) is 5.56 Å². The van der Waals surface area contributed by atoms with Crippen LogP contribution in [0.4, 0.5) is 5.69 Å². The molecule has 0 aliphatic heterocycles. The fourth-order valence-corrected chi connectivity index (χ4v) is 2.58. The number of hydrogen-bond acceptors (Lipinski definition) is 2. The van der Waals surface area contributed by atoms with Gasteiger partial charge in [-0.25, -0.2) is 0 Å². The molecular formula is C18H13NO. The van der Waals surface area contributed by atoms with Crippen LogP contribution < -0.4 is 5.73 Å². The lowest BCUT2D eigenvalue weighted by Crippen LogP contribution is -1.83. The van der Waals surface area contributed by atoms with Crippen molar-refractivity contribution in [1.82, 2.24) is 0 Å². The van der Waals surface area contributed by atoms with Crippen LogP contribution in [0.2, 0.25) is 0 Å². The van der Waals surface area contributed by atoms with Gasteiger partial charge in [0.1, 0.15) is 11.2 Å². The van der Waals surface area contributed by atoms with Crippen LogP contribution in [-0.4, -0.2) is 0 Å². The van der Waals surface area contributed by atoms with E-state index in [1.54, 1.807) is 0 Å². The first-order valence-electron chi connectivity index (χ1n) is 6.58. The Morgan fingerprint density at radius 3 is 2.20 bits per heavy atom. The zero-order valence-electron chi connectivity index (χ0n) is 10.8. The average Bonchev–Trinajstić information content (AvgIpc) is 2.86. The number of para-hydroxylation sites is 1. The van der Waals surface area contributed by atoms with Crippen molar-refractivity contribution < 1.29 is 4.42 Å². The summed E-state index contributed by atoms with van der Waals surface area (Å²) in [6.45, 7) is 0. The SMILES string of the molecule is Nc1ccc(-c2ccc3oc4ccccc4c3c2)cc1. The molecular weight excluding hydrogens is 246 g/mol. The highest BCUT2D eigenvalue weighted by Crippen LogP contribution is 2.32. The van der Waals surface area contributed by atoms with E-state index in [9.17, 15) is 0 Å². The average molecular weight is 259 g/mol. The summed E-state index contributed by atoms with van der Waals surface area (Å²) in [4.78, 5) is 0. The molecule has 0 fully saturated rings. The van der Waals surface area contributed by atoms with Gasteiger partial charge in [-0.3, -0.25) is 0 Å². The van der Waals surface area contributed by atoms with E-state index in [2.05, 4.69) is 18.2 Å². The molecule has 0 unspecified atom stereocenters. The number of benzene rings is 3. The maximum Gasteiger partial charge on any atom is 0.135 e. The third-order valence-corrected chi connectivity index (χ3v) is 3.62. The molecule has 1 aromatic heterocycles. The van der Waals surface area contributed by atoms with Crippen LogP contribution >= 0.6 is 0 Å². The van der Waals surface area contributed by atoms with Crippen LogP contribution in [0.1, 0.15) is 0 Å². The number of anilines is 1. The van der Waals surface area contributed by atoms with Gasteiger partial charge >= 0.3 is 0 Å². The Morgan fingerprint density at radius 2 is 1.35 bits per heavy atom. The van der Waals surface area contributed by atoms with Crippen molar-refractivity contribution in [3.63, 3.8) is 0 Å². The van der Waals surface area contributed by atoms with Crippen molar-refractivity contribution in [3.8, 4) is 11.1 Å². The summed E-state index contributed by atoms with van der Waals surface area (Å²) >= 11 is 0. The van der Waals surface area contributed by atoms with Crippen LogP contribution in [0.3, 0.4) is 0 Å². The molecule has 2 heteroatoms. The van der Waals surface area contributed by atoms with Gasteiger partial charge in [0.05, 0.1) is 0 Å². The summed E-state index contributed by atoms with van der Waals surface area (Å²) in [5.74, 6) is 0. The van der Waals surface area contributed by atoms with Crippen LogP contribution in [0.15, 0.2) is 71.1 Å². The summed E-state index contributed by atoms with van der Waals surface area (Å²) in [6.07, 6.45) is 0. The van der Waals surface area contributed by atoms with Crippen molar-refractivity contribution in [2.45, 2.75) is 0 Å². The van der Waals surface area contributed by atoms with Gasteiger partial charge in [0.2, 0.25) is 0 Å². The molecule has 3 aromatic carbocycles. The van der Waals surface area contributed by atoms with Crippen molar-refractivity contribution >= 4 is 27.6 Å². The molecule has 0 saturated carbocycles. The molecule has 4 aromatic rings. The predicted molar refractivity (Wildman–Crippen MR) is 83.6 cm³/mol. The summed E-state index contributed by atoms with van der Waals surface area (Å²) in [6, 6.07) is 22.3. The molecule has 0 saturated heterocycles. The summed E-state index contributed by atoms with van der Waals surface area (Å²) in [7, 11) is 0. The fourth-order valence-electron chi connectivity index (χ4n) is 2.58. The van der Waals surface area contributed by atoms with E-state index in [1.807, 2.05) is 48.5 Å². The van der Waals surface area contributed by atoms with Crippen molar-refractivity contribution in [1.29, 1.82) is 0 Å². The van der Waals surface area contributed by atoms with Crippen molar-refractivity contribution in [3.05, 3.63) is 66.7 Å². The van der Waals surface area contributed by atoms with Gasteiger partial charge in [-0.2, -0.15) is 0 Å². The molecule has 96 valence electrons. The quantitative estimate of drug-likeness (QED) is 0.497. The molecule has 0 aliphatic rings. The highest BCUT2D eigenvalue weighted by Gasteiger charge is 2.07. The molecule has 0 atom stereocenters. The first kappa shape index (κ1) is 11.1. The third kappa shape index (κ3) is 1.66. The smallest absolute Gasteiger partial charge is 0.135 e. The van der Waals surface area contributed by atoms with E-state index in [0.717, 1.165) is 33.2 Å². The minimum absolute atomic E-state index is 0.781. The molecule has 20 heavy (non-hydrogen) atoms. The van der Waals surface area contributed by atoms with E-state index < -0.39 is 0 Å². The van der Waals surface area contributed by atoms with Gasteiger partial charge < -0.3 is 10.2 Å². The zero-order valence-corrected chi connectivity index (χ0v) is 10.8. The first-order chi connectivity index (χ1) is 9.81. The van der Waals surface area contributed by atoms with Crippen LogP contribution in [0, 0.1) is 0 Å². The first-order valence-corrected chi connectivity index (χ1v) is 6.58. The summed E-state index contributed by atoms with van der Waals surface area (Å²) in [5, 5.41) is 2.30. The van der Waals surface area contributed by atoms with Gasteiger partial charge in [-0.1, -0.05) is 36.4 Å². The Balaban J connectivity index is 1.97. The lowest BCUT2D eigenvalue weighted by molar-refractivity contribution is 0.669. The molecule has 0 radical (unpaired) electrons. The Kier molecular flexibility index (Phi) is 2.30. The lowest BCUT2D eigenvalue weighted by Gasteiger charge is -2.02. The number of nitrogen functional groups attached to an aromatic ring is 1. The third-order valence-electron chi connectivity index (χ3n) is 3.62. The second-order valence-electron chi connectivity index (χ2n) is 4.93. The molecule has 4 rings (SSSR count). The Hall–Kier alpha value is -2.74. The largest absolute Gasteiger partial charge is 0.456 e. The van der Waals surface area contributed by atoms with Crippen LogP contribution in [0.25, 0.3) is 33.1 Å². The molecule has 0 spiro atoms. The molecule has 0 amide bonds. The van der Waals surface area contributed by atoms with E-state index >= 15 is 0 Å². The Bertz CT molecular complexity index is 904. The van der Waals surface area contributed by atoms with Crippen molar-refractivity contribution in [2.75, 3.05) is 5.73 Å². The van der Waals surface area contributed by atoms with Gasteiger partial charge in [-0.15, -0.1) is 0 Å². The minimum Gasteiger partial charge on any atom is -0.456 e. The number of furan rings is 1. The number of nitrogens with two attached hydrogens (primary N) is 1. The van der Waals surface area contributed by atoms with Crippen molar-refractivity contribution in [2.24, 2.45) is 0 Å². The lowest BCUT2D eigenvalue weighted by atomic mass is 10.0. The second kappa shape index (κ2) is 4.14. The number of hydrogen-bond donors (Lipinski definition) is 1. The number of fused-ring (bicyclic) bond motifs is 3. The van der Waals surface area contributed by atoms with Gasteiger partial charge in [0.15, 0.2) is 0 Å². The van der Waals surface area contributed by atoms with Crippen LogP contribution in [0.5, 0.6) is 0 Å². The van der Waals surface area contributed by atoms with Gasteiger partial charge in [0, 0.05) is 16.5 Å². The molecule has 0 bridgehead atoms. The topological polar surface area (TPSA) is 39.2 Å². The molecule has 1 heterocycles. The molecule has 2 nitrogen and oxygen atoms in total. The van der Waals surface area contributed by atoms with E-state index in [0.29, 0.717) is 0 Å². The monoisotopic (exact) mass is 259 g/mol. The number of rotatable bonds is 1. The normalized spacial score (nSPS) is 11.2. The minimum atomic E-state index is 0.781. The highest BCUT2D eigenvalue weighted by molar-refractivity contribution is 6.06. The van der Waals surface area contributed by atoms with E-state index in [4.69, 9.17) is 10.2 Å². The highest BCUT2D eigenvalue weighted by atomic mass is 16.3. The summed E-state index contributed by atoms with van der Waals surface area (Å²) < 4.78 is 5.84. The summed E-state index contributed by atoms with van der Waals surface area (Å²) in [5.41, 5.74) is 10.7. The van der Waals surface area contributed by atoms with Gasteiger partial charge in [0.25, 0.3) is 0 Å². The second-order valence-corrected chi connectivity index (χ2v) is 4.93. The van der Waals surface area contributed by atoms with Crippen LogP contribution in [-0.2, 0) is 0 Å². The maximum absolute atomic E-state index is 5.84. The maximum atomic E-state index is 5.84. The predicted octanol–water partition coefficient (Wildman–Crippen LogP) is 4.84. The standard InChI is InChI=1S/C18H13NO/c19-14-8-5-12(6-9-14)13-7-10-18-16(11-13)15-3-1-2-4-17(15)20-18/h1-11H,19H2. The molecule has 0 aliphatic carbocycles. The van der Waals surface area contributed by atoms with E-state index in [-0.39, 0.29) is 0 Å². The Labute approximate surface area is 116 Å². The molecule has 2 N–H and O–H groups in total.